The van der Waals surface area contributed by atoms with Gasteiger partial charge in [0.25, 0.3) is 11.5 Å². The molecule has 2 rings (SSSR count). The number of carbonyl (C=O) groups is 2. The summed E-state index contributed by atoms with van der Waals surface area (Å²) in [5.41, 5.74) is 0.457. The van der Waals surface area contributed by atoms with Crippen LogP contribution in [0.15, 0.2) is 29.3 Å². The number of hydrogen-bond donors (Lipinski definition) is 3. The van der Waals surface area contributed by atoms with Gasteiger partial charge in [-0.25, -0.2) is 0 Å². The van der Waals surface area contributed by atoms with Crippen molar-refractivity contribution in [2.24, 2.45) is 0 Å². The minimum absolute atomic E-state index is 0.0263. The number of pyridine rings is 1. The number of anilines is 1. The van der Waals surface area contributed by atoms with Crippen LogP contribution in [0.3, 0.4) is 0 Å². The van der Waals surface area contributed by atoms with Crippen molar-refractivity contribution in [3.05, 3.63) is 46.1 Å². The lowest BCUT2D eigenvalue weighted by Crippen LogP contribution is -2.23. The molecule has 104 valence electrons. The fraction of sp³-hybridized carbons (Fsp3) is 0.167. The van der Waals surface area contributed by atoms with Gasteiger partial charge in [-0.1, -0.05) is 0 Å². The molecule has 0 saturated carbocycles. The van der Waals surface area contributed by atoms with Crippen LogP contribution in [0.5, 0.6) is 0 Å². The van der Waals surface area contributed by atoms with E-state index in [2.05, 4.69) is 15.4 Å². The van der Waals surface area contributed by atoms with E-state index in [-0.39, 0.29) is 12.1 Å². The number of nitrogens with one attached hydrogen (secondary N) is 2. The highest BCUT2D eigenvalue weighted by atomic mass is 16.4. The molecular weight excluding hydrogens is 264 g/mol. The number of nitrogens with zero attached hydrogens (tertiary/aromatic N) is 2. The van der Waals surface area contributed by atoms with E-state index < -0.39 is 17.4 Å². The van der Waals surface area contributed by atoms with Gasteiger partial charge in [0.2, 0.25) is 0 Å². The third kappa shape index (κ3) is 3.10. The SMILES string of the molecule is Cc1ccc(C(=O)Nc2cnn(CC(=O)O)c2)c(=O)[nH]1. The number of amides is 1. The summed E-state index contributed by atoms with van der Waals surface area (Å²) < 4.78 is 1.16. The molecule has 1 amide bonds. The second-order valence-corrected chi connectivity index (χ2v) is 4.16. The number of aliphatic carboxylic acids is 1. The predicted molar refractivity (Wildman–Crippen MR) is 69.6 cm³/mol. The molecule has 8 nitrogen and oxygen atoms in total. The van der Waals surface area contributed by atoms with Crippen LogP contribution in [-0.2, 0) is 11.3 Å². The maximum atomic E-state index is 11.9. The van der Waals surface area contributed by atoms with E-state index in [1.165, 1.54) is 18.5 Å². The highest BCUT2D eigenvalue weighted by Crippen LogP contribution is 2.06. The van der Waals surface area contributed by atoms with Crippen molar-refractivity contribution in [3.8, 4) is 0 Å². The first-order chi connectivity index (χ1) is 9.45. The maximum Gasteiger partial charge on any atom is 0.325 e. The van der Waals surface area contributed by atoms with Gasteiger partial charge in [0.1, 0.15) is 12.1 Å². The number of aromatic amines is 1. The molecule has 0 aliphatic heterocycles. The lowest BCUT2D eigenvalue weighted by Gasteiger charge is -2.02. The van der Waals surface area contributed by atoms with E-state index >= 15 is 0 Å². The minimum Gasteiger partial charge on any atom is -0.480 e. The molecule has 0 aromatic carbocycles. The lowest BCUT2D eigenvalue weighted by atomic mass is 10.2. The zero-order chi connectivity index (χ0) is 14.7. The Labute approximate surface area is 113 Å². The van der Waals surface area contributed by atoms with Gasteiger partial charge in [-0.3, -0.25) is 19.1 Å². The Morgan fingerprint density at radius 2 is 2.20 bits per heavy atom. The average Bonchev–Trinajstić information content (AvgIpc) is 2.75. The van der Waals surface area contributed by atoms with E-state index in [4.69, 9.17) is 5.11 Å². The van der Waals surface area contributed by atoms with Crippen molar-refractivity contribution in [2.45, 2.75) is 13.5 Å². The summed E-state index contributed by atoms with van der Waals surface area (Å²) in [5, 5.41) is 14.9. The normalized spacial score (nSPS) is 10.2. The monoisotopic (exact) mass is 276 g/mol. The lowest BCUT2D eigenvalue weighted by molar-refractivity contribution is -0.137. The smallest absolute Gasteiger partial charge is 0.325 e. The van der Waals surface area contributed by atoms with E-state index in [9.17, 15) is 14.4 Å². The molecule has 3 N–H and O–H groups in total. The maximum absolute atomic E-state index is 11.9. The summed E-state index contributed by atoms with van der Waals surface area (Å²) >= 11 is 0. The Balaban J connectivity index is 2.13. The zero-order valence-electron chi connectivity index (χ0n) is 10.6. The van der Waals surface area contributed by atoms with Gasteiger partial charge < -0.3 is 15.4 Å². The number of hydrogen-bond acceptors (Lipinski definition) is 4. The predicted octanol–water partition coefficient (Wildman–Crippen LogP) is 0.217. The standard InChI is InChI=1S/C12H12N4O4/c1-7-2-3-9(11(19)14-7)12(20)15-8-4-13-16(5-8)6-10(17)18/h2-5H,6H2,1H3,(H,14,19)(H,15,20)(H,17,18). The molecule has 2 aromatic rings. The molecule has 0 spiro atoms. The topological polar surface area (TPSA) is 117 Å². The van der Waals surface area contributed by atoms with Crippen LogP contribution < -0.4 is 10.9 Å². The highest BCUT2D eigenvalue weighted by Gasteiger charge is 2.12. The molecule has 2 heterocycles. The summed E-state index contributed by atoms with van der Waals surface area (Å²) in [5.74, 6) is -1.62. The van der Waals surface area contributed by atoms with Crippen molar-refractivity contribution in [3.63, 3.8) is 0 Å². The number of aromatic nitrogens is 3. The minimum atomic E-state index is -1.04. The van der Waals surface area contributed by atoms with Gasteiger partial charge >= 0.3 is 5.97 Å². The molecule has 2 aromatic heterocycles. The van der Waals surface area contributed by atoms with Crippen molar-refractivity contribution < 1.29 is 14.7 Å². The number of H-pyrrole nitrogens is 1. The molecule has 0 bridgehead atoms. The van der Waals surface area contributed by atoms with Gasteiger partial charge in [-0.15, -0.1) is 0 Å². The fourth-order valence-corrected chi connectivity index (χ4v) is 1.60. The zero-order valence-corrected chi connectivity index (χ0v) is 10.6. The first-order valence-corrected chi connectivity index (χ1v) is 5.71. The molecule has 0 saturated heterocycles. The number of carboxylic acid groups (broad SMARTS) is 1. The summed E-state index contributed by atoms with van der Waals surface area (Å²) in [6, 6.07) is 3.04. The Bertz CT molecular complexity index is 716. The van der Waals surface area contributed by atoms with Crippen LogP contribution in [0.1, 0.15) is 16.1 Å². The number of rotatable bonds is 4. The van der Waals surface area contributed by atoms with E-state index in [0.717, 1.165) is 4.68 Å². The summed E-state index contributed by atoms with van der Waals surface area (Å²) in [4.78, 5) is 36.5. The van der Waals surface area contributed by atoms with E-state index in [1.807, 2.05) is 0 Å². The van der Waals surface area contributed by atoms with Crippen LogP contribution in [0.25, 0.3) is 0 Å². The fourth-order valence-electron chi connectivity index (χ4n) is 1.60. The molecule has 0 unspecified atom stereocenters. The largest absolute Gasteiger partial charge is 0.480 e. The van der Waals surface area contributed by atoms with Crippen molar-refractivity contribution in [1.82, 2.24) is 14.8 Å². The third-order valence-electron chi connectivity index (χ3n) is 2.49. The van der Waals surface area contributed by atoms with Crippen molar-refractivity contribution in [1.29, 1.82) is 0 Å². The molecule has 0 aliphatic carbocycles. The Morgan fingerprint density at radius 1 is 1.45 bits per heavy atom. The van der Waals surface area contributed by atoms with Crippen LogP contribution in [0, 0.1) is 6.92 Å². The van der Waals surface area contributed by atoms with Gasteiger partial charge in [0.15, 0.2) is 0 Å². The van der Waals surface area contributed by atoms with Crippen LogP contribution in [0.2, 0.25) is 0 Å². The van der Waals surface area contributed by atoms with Gasteiger partial charge in [-0.2, -0.15) is 5.10 Å². The summed E-state index contributed by atoms with van der Waals surface area (Å²) in [6.07, 6.45) is 2.68. The van der Waals surface area contributed by atoms with Crippen molar-refractivity contribution in [2.75, 3.05) is 5.32 Å². The Hall–Kier alpha value is -2.90. The molecule has 0 aliphatic rings. The second kappa shape index (κ2) is 5.39. The van der Waals surface area contributed by atoms with Crippen molar-refractivity contribution >= 4 is 17.6 Å². The number of carboxylic acids is 1. The highest BCUT2D eigenvalue weighted by molar-refractivity contribution is 6.03. The van der Waals surface area contributed by atoms with Gasteiger partial charge in [0, 0.05) is 11.9 Å². The summed E-state index contributed by atoms with van der Waals surface area (Å²) in [7, 11) is 0. The van der Waals surface area contributed by atoms with Gasteiger partial charge in [0.05, 0.1) is 11.9 Å². The Kier molecular flexibility index (Phi) is 3.65. The number of aryl methyl sites for hydroxylation is 1. The van der Waals surface area contributed by atoms with Crippen LogP contribution in [0.4, 0.5) is 5.69 Å². The third-order valence-corrected chi connectivity index (χ3v) is 2.49. The summed E-state index contributed by atoms with van der Waals surface area (Å²) in [6.45, 7) is 1.40. The van der Waals surface area contributed by atoms with Crippen LogP contribution >= 0.6 is 0 Å². The number of carbonyl (C=O) groups excluding carboxylic acids is 1. The quantitative estimate of drug-likeness (QED) is 0.738. The molecule has 0 radical (unpaired) electrons. The average molecular weight is 276 g/mol. The molecule has 8 heteroatoms. The first-order valence-electron chi connectivity index (χ1n) is 5.71. The van der Waals surface area contributed by atoms with Gasteiger partial charge in [-0.05, 0) is 19.1 Å². The van der Waals surface area contributed by atoms with E-state index in [0.29, 0.717) is 11.4 Å². The van der Waals surface area contributed by atoms with E-state index in [1.54, 1.807) is 13.0 Å². The molecule has 20 heavy (non-hydrogen) atoms. The first kappa shape index (κ1) is 13.5. The molecule has 0 atom stereocenters. The molecular formula is C12H12N4O4. The van der Waals surface area contributed by atoms with Crippen LogP contribution in [-0.4, -0.2) is 31.7 Å². The second-order valence-electron chi connectivity index (χ2n) is 4.16. The Morgan fingerprint density at radius 3 is 2.85 bits per heavy atom. The molecule has 0 fully saturated rings.